The van der Waals surface area contributed by atoms with E-state index >= 15 is 0 Å². The van der Waals surface area contributed by atoms with Crippen LogP contribution in [0.5, 0.6) is 5.75 Å². The van der Waals surface area contributed by atoms with Crippen molar-refractivity contribution in [3.63, 3.8) is 0 Å². The molecule has 3 aromatic rings. The number of carbonyl (C=O) groups excluding carboxylic acids is 1. The van der Waals surface area contributed by atoms with E-state index in [1.54, 1.807) is 26.0 Å². The van der Waals surface area contributed by atoms with Gasteiger partial charge in [-0.05, 0) is 57.2 Å². The molecule has 1 heterocycles. The molecule has 2 aromatic carbocycles. The van der Waals surface area contributed by atoms with Crippen LogP contribution in [0.1, 0.15) is 26.5 Å². The molecule has 0 aliphatic carbocycles. The number of hydrogen-bond donors (Lipinski definition) is 2. The number of anilines is 1. The predicted octanol–water partition coefficient (Wildman–Crippen LogP) is 4.08. The third kappa shape index (κ3) is 6.13. The summed E-state index contributed by atoms with van der Waals surface area (Å²) in [6.45, 7) is 6.00. The van der Waals surface area contributed by atoms with Gasteiger partial charge in [0.15, 0.2) is 0 Å². The van der Waals surface area contributed by atoms with Crippen molar-refractivity contribution in [2.75, 3.05) is 11.9 Å². The Morgan fingerprint density at radius 2 is 1.84 bits per heavy atom. The fraction of sp³-hybridized carbons (Fsp3) is 0.273. The van der Waals surface area contributed by atoms with Crippen LogP contribution in [-0.2, 0) is 21.2 Å². The molecule has 0 saturated carbocycles. The zero-order valence-corrected chi connectivity index (χ0v) is 19.2. The van der Waals surface area contributed by atoms with Crippen LogP contribution in [-0.4, -0.2) is 32.0 Å². The molecule has 0 radical (unpaired) electrons. The maximum Gasteiger partial charge on any atom is 0.240 e. The zero-order valence-electron chi connectivity index (χ0n) is 17.6. The summed E-state index contributed by atoms with van der Waals surface area (Å²) in [6, 6.07) is 13.5. The highest BCUT2D eigenvalue weighted by Crippen LogP contribution is 2.32. The summed E-state index contributed by atoms with van der Waals surface area (Å²) in [5.41, 5.74) is 2.07. The van der Waals surface area contributed by atoms with E-state index < -0.39 is 10.0 Å². The number of hydrogen-bond acceptors (Lipinski definition) is 6. The van der Waals surface area contributed by atoms with Crippen LogP contribution in [0, 0.1) is 0 Å². The molecule has 0 atom stereocenters. The first kappa shape index (κ1) is 22.9. The predicted molar refractivity (Wildman–Crippen MR) is 123 cm³/mol. The van der Waals surface area contributed by atoms with Gasteiger partial charge in [-0.1, -0.05) is 12.1 Å². The van der Waals surface area contributed by atoms with Gasteiger partial charge >= 0.3 is 0 Å². The molecule has 164 valence electrons. The fourth-order valence-electron chi connectivity index (χ4n) is 2.90. The summed E-state index contributed by atoms with van der Waals surface area (Å²) in [7, 11) is -3.57. The molecule has 7 nitrogen and oxygen atoms in total. The third-order valence-corrected chi connectivity index (χ3v) is 6.75. The van der Waals surface area contributed by atoms with Gasteiger partial charge in [-0.2, -0.15) is 0 Å². The lowest BCUT2D eigenvalue weighted by atomic mass is 10.2. The molecule has 1 amide bonds. The van der Waals surface area contributed by atoms with E-state index in [2.05, 4.69) is 15.0 Å². The Hall–Kier alpha value is -2.75. The summed E-state index contributed by atoms with van der Waals surface area (Å²) >= 11 is 1.46. The maximum atomic E-state index is 12.4. The van der Waals surface area contributed by atoms with Gasteiger partial charge in [0.2, 0.25) is 15.9 Å². The summed E-state index contributed by atoms with van der Waals surface area (Å²) in [4.78, 5) is 17.1. The molecule has 31 heavy (non-hydrogen) atoms. The molecular formula is C22H25N3O4S2. The number of benzene rings is 2. The number of ether oxygens (including phenoxy) is 1. The van der Waals surface area contributed by atoms with E-state index in [0.717, 1.165) is 16.3 Å². The lowest BCUT2D eigenvalue weighted by Crippen LogP contribution is -2.30. The average molecular weight is 460 g/mol. The molecule has 0 bridgehead atoms. The largest absolute Gasteiger partial charge is 0.493 e. The quantitative estimate of drug-likeness (QED) is 0.503. The van der Waals surface area contributed by atoms with Gasteiger partial charge in [-0.15, -0.1) is 11.3 Å². The van der Waals surface area contributed by atoms with Gasteiger partial charge in [-0.25, -0.2) is 18.1 Å². The topological polar surface area (TPSA) is 97.4 Å². The molecule has 1 aromatic heterocycles. The third-order valence-electron chi connectivity index (χ3n) is 4.15. The van der Waals surface area contributed by atoms with E-state index in [0.29, 0.717) is 18.0 Å². The Kier molecular flexibility index (Phi) is 7.42. The Balaban J connectivity index is 1.65. The molecule has 0 saturated heterocycles. The van der Waals surface area contributed by atoms with E-state index in [1.807, 2.05) is 36.6 Å². The second kappa shape index (κ2) is 10.0. The van der Waals surface area contributed by atoms with E-state index in [9.17, 15) is 13.2 Å². The van der Waals surface area contributed by atoms with Crippen molar-refractivity contribution < 1.29 is 17.9 Å². The zero-order chi connectivity index (χ0) is 22.4. The summed E-state index contributed by atoms with van der Waals surface area (Å²) in [6.07, 6.45) is 0.113. The van der Waals surface area contributed by atoms with Crippen LogP contribution < -0.4 is 14.8 Å². The first-order valence-electron chi connectivity index (χ1n) is 9.87. The van der Waals surface area contributed by atoms with Crippen molar-refractivity contribution in [1.82, 2.24) is 9.71 Å². The summed E-state index contributed by atoms with van der Waals surface area (Å²) in [5.74, 6) is 0.531. The van der Waals surface area contributed by atoms with Crippen LogP contribution in [0.4, 0.5) is 5.69 Å². The van der Waals surface area contributed by atoms with Gasteiger partial charge in [0.05, 0.1) is 29.2 Å². The van der Waals surface area contributed by atoms with Gasteiger partial charge < -0.3 is 10.1 Å². The SMILES string of the molecule is CCOc1ccccc1-c1nc(CC(=O)Nc2ccc(S(=O)(=O)NC(C)C)cc2)cs1. The standard InChI is InChI=1S/C22H25N3O4S2/c1-4-29-20-8-6-5-7-19(20)22-24-17(14-30-22)13-21(26)23-16-9-11-18(12-10-16)31(27,28)25-15(2)3/h5-12,14-15,25H,4,13H2,1-3H3,(H,23,26). The van der Waals surface area contributed by atoms with Crippen LogP contribution >= 0.6 is 11.3 Å². The van der Waals surface area contributed by atoms with Gasteiger partial charge in [0, 0.05) is 17.1 Å². The van der Waals surface area contributed by atoms with Crippen LogP contribution in [0.2, 0.25) is 0 Å². The van der Waals surface area contributed by atoms with Crippen molar-refractivity contribution in [3.05, 3.63) is 59.6 Å². The average Bonchev–Trinajstić information content (AvgIpc) is 3.16. The fourth-order valence-corrected chi connectivity index (χ4v) is 5.00. The smallest absolute Gasteiger partial charge is 0.240 e. The van der Waals surface area contributed by atoms with Crippen LogP contribution in [0.15, 0.2) is 58.8 Å². The van der Waals surface area contributed by atoms with Crippen molar-refractivity contribution in [3.8, 4) is 16.3 Å². The molecule has 3 rings (SSSR count). The first-order chi connectivity index (χ1) is 14.8. The first-order valence-corrected chi connectivity index (χ1v) is 12.2. The molecule has 2 N–H and O–H groups in total. The molecule has 0 aliphatic rings. The Labute approximate surface area is 186 Å². The normalized spacial score (nSPS) is 11.5. The Morgan fingerprint density at radius 1 is 1.13 bits per heavy atom. The number of carbonyl (C=O) groups is 1. The molecule has 0 spiro atoms. The summed E-state index contributed by atoms with van der Waals surface area (Å²) in [5, 5.41) is 5.42. The van der Waals surface area contributed by atoms with Crippen LogP contribution in [0.3, 0.4) is 0 Å². The number of aromatic nitrogens is 1. The minimum absolute atomic E-state index is 0.113. The highest BCUT2D eigenvalue weighted by atomic mass is 32.2. The maximum absolute atomic E-state index is 12.4. The van der Waals surface area contributed by atoms with Crippen molar-refractivity contribution >= 4 is 33.0 Å². The molecule has 0 fully saturated rings. The van der Waals surface area contributed by atoms with Crippen LogP contribution in [0.25, 0.3) is 10.6 Å². The number of amides is 1. The Morgan fingerprint density at radius 3 is 2.52 bits per heavy atom. The minimum Gasteiger partial charge on any atom is -0.493 e. The van der Waals surface area contributed by atoms with Crippen molar-refractivity contribution in [1.29, 1.82) is 0 Å². The highest BCUT2D eigenvalue weighted by Gasteiger charge is 2.16. The Bertz CT molecular complexity index is 1140. The number of sulfonamides is 1. The number of nitrogens with zero attached hydrogens (tertiary/aromatic N) is 1. The lowest BCUT2D eigenvalue weighted by molar-refractivity contribution is -0.115. The van der Waals surface area contributed by atoms with Crippen molar-refractivity contribution in [2.45, 2.75) is 38.1 Å². The number of thiazole rings is 1. The number of nitrogens with one attached hydrogen (secondary N) is 2. The number of para-hydroxylation sites is 1. The van der Waals surface area contributed by atoms with Gasteiger partial charge in [-0.3, -0.25) is 4.79 Å². The van der Waals surface area contributed by atoms with Gasteiger partial charge in [0.25, 0.3) is 0 Å². The summed E-state index contributed by atoms with van der Waals surface area (Å²) < 4.78 is 32.6. The van der Waals surface area contributed by atoms with E-state index in [1.165, 1.54) is 23.5 Å². The number of rotatable bonds is 9. The van der Waals surface area contributed by atoms with E-state index in [-0.39, 0.29) is 23.3 Å². The highest BCUT2D eigenvalue weighted by molar-refractivity contribution is 7.89. The van der Waals surface area contributed by atoms with Crippen molar-refractivity contribution in [2.24, 2.45) is 0 Å². The molecule has 0 unspecified atom stereocenters. The second-order valence-corrected chi connectivity index (χ2v) is 9.67. The lowest BCUT2D eigenvalue weighted by Gasteiger charge is -2.10. The monoisotopic (exact) mass is 459 g/mol. The molecule has 0 aliphatic heterocycles. The molecule has 9 heteroatoms. The molecular weight excluding hydrogens is 434 g/mol. The minimum atomic E-state index is -3.57. The van der Waals surface area contributed by atoms with E-state index in [4.69, 9.17) is 4.74 Å². The second-order valence-electron chi connectivity index (χ2n) is 7.10. The van der Waals surface area contributed by atoms with Gasteiger partial charge in [0.1, 0.15) is 10.8 Å².